The van der Waals surface area contributed by atoms with Gasteiger partial charge in [0.1, 0.15) is 11.2 Å². The fraction of sp³-hybridized carbons (Fsp3) is 0.267. The Labute approximate surface area is 116 Å². The van der Waals surface area contributed by atoms with Gasteiger partial charge in [0.2, 0.25) is 0 Å². The number of nitrogens with one attached hydrogen (secondary N) is 1. The minimum Gasteiger partial charge on any atom is -0.310 e. The molecule has 0 amide bonds. The van der Waals surface area contributed by atoms with Crippen molar-refractivity contribution in [3.8, 4) is 0 Å². The van der Waals surface area contributed by atoms with Crippen LogP contribution in [-0.2, 0) is 6.42 Å². The van der Waals surface area contributed by atoms with Crippen molar-refractivity contribution in [3.63, 3.8) is 0 Å². The first kappa shape index (κ1) is 12.6. The molecule has 2 aromatic heterocycles. The summed E-state index contributed by atoms with van der Waals surface area (Å²) < 4.78 is 1.78. The van der Waals surface area contributed by atoms with Gasteiger partial charge in [-0.15, -0.1) is 0 Å². The first-order valence-corrected chi connectivity index (χ1v) is 6.65. The highest BCUT2D eigenvalue weighted by Crippen LogP contribution is 2.13. The maximum atomic E-state index is 12.1. The van der Waals surface area contributed by atoms with Crippen molar-refractivity contribution in [1.29, 1.82) is 0 Å². The Morgan fingerprint density at radius 1 is 1.25 bits per heavy atom. The molecule has 1 N–H and O–H groups in total. The molecule has 0 aliphatic rings. The molecule has 0 atom stereocenters. The fourth-order valence-electron chi connectivity index (χ4n) is 2.23. The quantitative estimate of drug-likeness (QED) is 0.792. The van der Waals surface area contributed by atoms with Gasteiger partial charge in [0.15, 0.2) is 5.65 Å². The summed E-state index contributed by atoms with van der Waals surface area (Å²) in [5.74, 6) is 0.663. The first-order chi connectivity index (χ1) is 9.65. The van der Waals surface area contributed by atoms with E-state index >= 15 is 0 Å². The van der Waals surface area contributed by atoms with E-state index in [9.17, 15) is 4.79 Å². The highest BCUT2D eigenvalue weighted by molar-refractivity contribution is 5.73. The zero-order valence-electron chi connectivity index (χ0n) is 11.5. The van der Waals surface area contributed by atoms with Gasteiger partial charge in [-0.2, -0.15) is 5.10 Å². The number of rotatable bonds is 3. The molecule has 0 bridgehead atoms. The van der Waals surface area contributed by atoms with Crippen LogP contribution < -0.4 is 5.56 Å². The van der Waals surface area contributed by atoms with Crippen molar-refractivity contribution in [2.45, 2.75) is 26.3 Å². The van der Waals surface area contributed by atoms with Crippen LogP contribution >= 0.6 is 0 Å². The van der Waals surface area contributed by atoms with E-state index in [1.54, 1.807) is 10.9 Å². The van der Waals surface area contributed by atoms with E-state index in [4.69, 9.17) is 0 Å². The van der Waals surface area contributed by atoms with Gasteiger partial charge < -0.3 is 4.98 Å². The molecule has 5 nitrogen and oxygen atoms in total. The summed E-state index contributed by atoms with van der Waals surface area (Å²) in [7, 11) is 0. The van der Waals surface area contributed by atoms with Crippen LogP contribution in [0, 0.1) is 0 Å². The van der Waals surface area contributed by atoms with Gasteiger partial charge in [-0.25, -0.2) is 9.67 Å². The summed E-state index contributed by atoms with van der Waals surface area (Å²) in [6.07, 6.45) is 2.18. The molecule has 3 rings (SSSR count). The number of fused-ring (bicyclic) bond motifs is 1. The van der Waals surface area contributed by atoms with Crippen LogP contribution in [0.4, 0.5) is 0 Å². The number of benzene rings is 1. The van der Waals surface area contributed by atoms with Gasteiger partial charge in [0, 0.05) is 12.5 Å². The van der Waals surface area contributed by atoms with E-state index in [0.29, 0.717) is 23.3 Å². The third-order valence-corrected chi connectivity index (χ3v) is 3.22. The van der Waals surface area contributed by atoms with E-state index in [1.807, 2.05) is 44.2 Å². The van der Waals surface area contributed by atoms with Gasteiger partial charge in [-0.05, 0) is 19.4 Å². The van der Waals surface area contributed by atoms with Crippen molar-refractivity contribution in [3.05, 3.63) is 58.3 Å². The molecule has 0 saturated carbocycles. The molecule has 5 heteroatoms. The summed E-state index contributed by atoms with van der Waals surface area (Å²) in [6, 6.07) is 10.1. The normalized spacial score (nSPS) is 11.3. The molecule has 0 aliphatic heterocycles. The Bertz CT molecular complexity index is 786. The van der Waals surface area contributed by atoms with E-state index in [0.717, 1.165) is 5.56 Å². The minimum absolute atomic E-state index is 0.132. The standard InChI is InChI=1S/C15H16N4O/c1-10(2)19-14-12(9-16-19)15(20)18-13(17-14)8-11-6-4-3-5-7-11/h3-7,9-10H,8H2,1-2H3,(H,17,18,20). The predicted octanol–water partition coefficient (Wildman–Crippen LogP) is 2.29. The number of hydrogen-bond acceptors (Lipinski definition) is 3. The summed E-state index contributed by atoms with van der Waals surface area (Å²) in [5.41, 5.74) is 1.63. The Morgan fingerprint density at radius 2 is 2.00 bits per heavy atom. The van der Waals surface area contributed by atoms with E-state index in [-0.39, 0.29) is 11.6 Å². The molecule has 0 saturated heterocycles. The van der Waals surface area contributed by atoms with Gasteiger partial charge in [0.25, 0.3) is 5.56 Å². The lowest BCUT2D eigenvalue weighted by Crippen LogP contribution is -2.13. The number of nitrogens with zero attached hydrogens (tertiary/aromatic N) is 3. The fourth-order valence-corrected chi connectivity index (χ4v) is 2.23. The molecule has 3 aromatic rings. The monoisotopic (exact) mass is 268 g/mol. The lowest BCUT2D eigenvalue weighted by atomic mass is 10.1. The van der Waals surface area contributed by atoms with Gasteiger partial charge in [-0.1, -0.05) is 30.3 Å². The lowest BCUT2D eigenvalue weighted by Gasteiger charge is -2.07. The predicted molar refractivity (Wildman–Crippen MR) is 77.8 cm³/mol. The second kappa shape index (κ2) is 4.92. The largest absolute Gasteiger partial charge is 0.310 e. The Kier molecular flexibility index (Phi) is 3.10. The number of hydrogen-bond donors (Lipinski definition) is 1. The smallest absolute Gasteiger partial charge is 0.262 e. The van der Waals surface area contributed by atoms with Crippen molar-refractivity contribution in [1.82, 2.24) is 19.7 Å². The Hall–Kier alpha value is -2.43. The molecule has 102 valence electrons. The summed E-state index contributed by atoms with van der Waals surface area (Å²) in [4.78, 5) is 19.5. The Balaban J connectivity index is 2.09. The summed E-state index contributed by atoms with van der Waals surface area (Å²) >= 11 is 0. The minimum atomic E-state index is -0.132. The van der Waals surface area contributed by atoms with Gasteiger partial charge >= 0.3 is 0 Å². The molecule has 0 spiro atoms. The molecule has 20 heavy (non-hydrogen) atoms. The highest BCUT2D eigenvalue weighted by Gasteiger charge is 2.12. The molecular formula is C15H16N4O. The third kappa shape index (κ3) is 2.22. The lowest BCUT2D eigenvalue weighted by molar-refractivity contribution is 0.545. The molecule has 0 fully saturated rings. The van der Waals surface area contributed by atoms with Crippen LogP contribution in [-0.4, -0.2) is 19.7 Å². The summed E-state index contributed by atoms with van der Waals surface area (Å²) in [6.45, 7) is 4.04. The number of aromatic nitrogens is 4. The van der Waals surface area contributed by atoms with Crippen molar-refractivity contribution in [2.24, 2.45) is 0 Å². The van der Waals surface area contributed by atoms with E-state index < -0.39 is 0 Å². The molecule has 1 aromatic carbocycles. The van der Waals surface area contributed by atoms with Crippen LogP contribution in [0.1, 0.15) is 31.3 Å². The molecule has 0 aliphatic carbocycles. The number of H-pyrrole nitrogens is 1. The summed E-state index contributed by atoms with van der Waals surface area (Å²) in [5, 5.41) is 4.78. The Morgan fingerprint density at radius 3 is 2.70 bits per heavy atom. The average Bonchev–Trinajstić information content (AvgIpc) is 2.84. The van der Waals surface area contributed by atoms with E-state index in [1.165, 1.54) is 0 Å². The zero-order chi connectivity index (χ0) is 14.1. The molecular weight excluding hydrogens is 252 g/mol. The SMILES string of the molecule is CC(C)n1ncc2c(=O)[nH]c(Cc3ccccc3)nc21. The first-order valence-electron chi connectivity index (χ1n) is 6.65. The molecule has 0 unspecified atom stereocenters. The topological polar surface area (TPSA) is 63.6 Å². The van der Waals surface area contributed by atoms with Crippen LogP contribution in [0.25, 0.3) is 11.0 Å². The van der Waals surface area contributed by atoms with Crippen LogP contribution in [0.15, 0.2) is 41.3 Å². The molecule has 0 radical (unpaired) electrons. The second-order valence-corrected chi connectivity index (χ2v) is 5.10. The zero-order valence-corrected chi connectivity index (χ0v) is 11.5. The second-order valence-electron chi connectivity index (χ2n) is 5.10. The van der Waals surface area contributed by atoms with Crippen LogP contribution in [0.3, 0.4) is 0 Å². The average molecular weight is 268 g/mol. The third-order valence-electron chi connectivity index (χ3n) is 3.22. The van der Waals surface area contributed by atoms with Gasteiger partial charge in [-0.3, -0.25) is 4.79 Å². The van der Waals surface area contributed by atoms with Crippen LogP contribution in [0.5, 0.6) is 0 Å². The van der Waals surface area contributed by atoms with Crippen molar-refractivity contribution < 1.29 is 0 Å². The maximum absolute atomic E-state index is 12.1. The highest BCUT2D eigenvalue weighted by atomic mass is 16.1. The maximum Gasteiger partial charge on any atom is 0.262 e. The van der Waals surface area contributed by atoms with Crippen molar-refractivity contribution >= 4 is 11.0 Å². The molecule has 2 heterocycles. The van der Waals surface area contributed by atoms with Crippen molar-refractivity contribution in [2.75, 3.05) is 0 Å². The van der Waals surface area contributed by atoms with Gasteiger partial charge in [0.05, 0.1) is 6.20 Å². The number of aromatic amines is 1. The van der Waals surface area contributed by atoms with E-state index in [2.05, 4.69) is 15.1 Å². The van der Waals surface area contributed by atoms with Crippen LogP contribution in [0.2, 0.25) is 0 Å².